The van der Waals surface area contributed by atoms with E-state index in [9.17, 15) is 24.0 Å². The van der Waals surface area contributed by atoms with Gasteiger partial charge in [0.05, 0.1) is 12.0 Å². The smallest absolute Gasteiger partial charge is 0.312 e. The number of hydrogen-bond acceptors (Lipinski definition) is 20. The number of nitrogens with two attached hydrogens (primary N) is 5. The van der Waals surface area contributed by atoms with Crippen LogP contribution in [-0.4, -0.2) is 220 Å². The Hall–Kier alpha value is -10.1. The lowest BCUT2D eigenvalue weighted by Gasteiger charge is -2.31. The lowest BCUT2D eigenvalue weighted by atomic mass is 10.0. The van der Waals surface area contributed by atoms with Crippen LogP contribution in [0.5, 0.6) is 0 Å². The van der Waals surface area contributed by atoms with E-state index in [2.05, 4.69) is 84.1 Å². The highest BCUT2D eigenvalue weighted by Gasteiger charge is 2.43. The van der Waals surface area contributed by atoms with E-state index in [-0.39, 0.29) is 116 Å². The highest BCUT2D eigenvalue weighted by Crippen LogP contribution is 2.31. The van der Waals surface area contributed by atoms with E-state index >= 15 is 38.4 Å². The topological polar surface area (TPSA) is 580 Å². The van der Waals surface area contributed by atoms with Crippen LogP contribution in [0.3, 0.4) is 0 Å². The number of para-hydroxylation sites is 1. The number of guanidine groups is 1. The van der Waals surface area contributed by atoms with Gasteiger partial charge in [-0.25, -0.2) is 9.78 Å². The Morgan fingerprint density at radius 3 is 1.54 bits per heavy atom. The maximum Gasteiger partial charge on any atom is 0.312 e. The first-order chi connectivity index (χ1) is 51.5. The Morgan fingerprint density at radius 1 is 0.523 bits per heavy atom. The average Bonchev–Trinajstić information content (AvgIpc) is 1.73. The number of aromatic nitrogens is 3. The number of unbranched alkanes of at least 4 members (excludes halogenated alkanes) is 3. The molecular formula is C69H103N23O13S2. The third-order valence-electron chi connectivity index (χ3n) is 18.3. The number of rotatable bonds is 26. The largest absolute Gasteiger partial charge is 0.370 e. The van der Waals surface area contributed by atoms with Crippen LogP contribution in [0.2, 0.25) is 0 Å². The number of benzene rings is 2. The van der Waals surface area contributed by atoms with E-state index in [1.54, 1.807) is 60.8 Å². The van der Waals surface area contributed by atoms with Gasteiger partial charge >= 0.3 is 6.03 Å². The Bertz CT molecular complexity index is 3690. The summed E-state index contributed by atoms with van der Waals surface area (Å²) >= 11 is 0. The van der Waals surface area contributed by atoms with Crippen LogP contribution in [0.15, 0.2) is 73.3 Å². The van der Waals surface area contributed by atoms with Crippen molar-refractivity contribution >= 4 is 115 Å². The zero-order valence-electron chi connectivity index (χ0n) is 59.9. The molecule has 3 fully saturated rings. The van der Waals surface area contributed by atoms with E-state index in [1.807, 2.05) is 0 Å². The molecule has 3 saturated heterocycles. The second kappa shape index (κ2) is 43.5. The zero-order chi connectivity index (χ0) is 77.4. The summed E-state index contributed by atoms with van der Waals surface area (Å²) in [5.74, 6) is -11.5. The van der Waals surface area contributed by atoms with Crippen molar-refractivity contribution in [2.24, 2.45) is 28.7 Å². The first-order valence-electron chi connectivity index (χ1n) is 36.2. The molecule has 14 amide bonds. The summed E-state index contributed by atoms with van der Waals surface area (Å²) in [5.41, 5.74) is 30.7. The van der Waals surface area contributed by atoms with Crippen molar-refractivity contribution in [3.63, 3.8) is 0 Å². The summed E-state index contributed by atoms with van der Waals surface area (Å²) in [5, 5.41) is 42.2. The standard InChI is InChI=1S/C69H103N23O13S2/c1-39-55(93)82-45(20-7-10-26-70)56(94)83-46(21-8-11-27-71)57(95)84-47(22-9-12-28-72)58(96)85-49(23-13-29-77-68(73)74)60(98)91-66-67(104)92-31-15-25-54(92)65(103)89-52(34-42-36-76-38-80-42)63(101)87-50(32-40-16-3-2-4-17-40)61(99)86-48(24-14-30-78-69(75)105)59(97)88-51(33-41-35-79-44-19-6-5-18-43(41)44)62(100)90-53(37-106-107-66)64(102)81-39/h2-6,16-19,35-36,38-39,45-54,66,79H,7-15,20-34,37,70-72H2,1H3,(H,76,80)(H,81,102)(H,82,93)(H,83,94)(H,84,95)(H,85,96)(H,86,99)(H,87,101)(H,88,97)(H,89,103)(H,90,100)(H,91,98)(H4,73,74,77)(H3,75,78,105)/t39-,45-,46-,47-,48-,49-,50+,51-,52-,53-,54-,66-/m0/s1. The summed E-state index contributed by atoms with van der Waals surface area (Å²) < 4.78 is 0. The molecule has 4 aromatic rings. The summed E-state index contributed by atoms with van der Waals surface area (Å²) in [4.78, 5) is 204. The van der Waals surface area contributed by atoms with Crippen LogP contribution in [0, 0.1) is 5.41 Å². The minimum Gasteiger partial charge on any atom is -0.370 e. The van der Waals surface area contributed by atoms with Gasteiger partial charge < -0.3 is 113 Å². The molecule has 0 spiro atoms. The van der Waals surface area contributed by atoms with Gasteiger partial charge in [-0.15, -0.1) is 0 Å². The number of fused-ring (bicyclic) bond motifs is 6. The number of amides is 14. The first-order valence-corrected chi connectivity index (χ1v) is 38.6. The Balaban J connectivity index is 1.39. The molecule has 5 heterocycles. The number of H-pyrrole nitrogens is 2. The van der Waals surface area contributed by atoms with Crippen molar-refractivity contribution in [1.29, 1.82) is 5.41 Å². The van der Waals surface area contributed by atoms with Crippen LogP contribution in [0.1, 0.15) is 120 Å². The fourth-order valence-electron chi connectivity index (χ4n) is 12.5. The maximum absolute atomic E-state index is 15.6. The number of carbonyl (C=O) groups excluding carboxylic acids is 13. The van der Waals surface area contributed by atoms with Crippen LogP contribution < -0.4 is 97.8 Å². The van der Waals surface area contributed by atoms with Gasteiger partial charge in [-0.05, 0) is 140 Å². The van der Waals surface area contributed by atoms with Crippen molar-refractivity contribution in [3.8, 4) is 0 Å². The van der Waals surface area contributed by atoms with E-state index < -0.39 is 160 Å². The highest BCUT2D eigenvalue weighted by atomic mass is 33.1. The molecule has 107 heavy (non-hydrogen) atoms. The van der Waals surface area contributed by atoms with Gasteiger partial charge in [0, 0.05) is 67.9 Å². The van der Waals surface area contributed by atoms with Crippen molar-refractivity contribution in [3.05, 3.63) is 90.1 Å². The molecule has 2 bridgehead atoms. The number of nitrogens with zero attached hydrogens (tertiary/aromatic N) is 2. The third-order valence-corrected chi connectivity index (χ3v) is 20.8. The predicted octanol–water partition coefficient (Wildman–Crippen LogP) is -3.27. The van der Waals surface area contributed by atoms with Crippen molar-refractivity contribution < 1.29 is 62.3 Å². The van der Waals surface area contributed by atoms with Crippen molar-refractivity contribution in [1.82, 2.24) is 89.0 Å². The van der Waals surface area contributed by atoms with E-state index in [4.69, 9.17) is 34.1 Å². The van der Waals surface area contributed by atoms with Gasteiger partial charge in [-0.1, -0.05) is 70.1 Å². The highest BCUT2D eigenvalue weighted by molar-refractivity contribution is 8.77. The molecule has 12 atom stereocenters. The molecule has 0 aliphatic carbocycles. The quantitative estimate of drug-likeness (QED) is 0.0127. The van der Waals surface area contributed by atoms with Crippen LogP contribution in [0.4, 0.5) is 4.79 Å². The molecule has 584 valence electrons. The molecule has 3 aliphatic heterocycles. The lowest BCUT2D eigenvalue weighted by Crippen LogP contribution is -2.62. The van der Waals surface area contributed by atoms with Crippen LogP contribution in [0.25, 0.3) is 10.9 Å². The van der Waals surface area contributed by atoms with E-state index in [0.29, 0.717) is 77.0 Å². The molecule has 2 aromatic heterocycles. The van der Waals surface area contributed by atoms with E-state index in [1.165, 1.54) is 24.3 Å². The summed E-state index contributed by atoms with van der Waals surface area (Å²) in [6.07, 6.45) is 6.00. The molecule has 38 heteroatoms. The number of nitrogens with one attached hydrogen (secondary N) is 16. The Morgan fingerprint density at radius 2 is 1.00 bits per heavy atom. The summed E-state index contributed by atoms with van der Waals surface area (Å²) in [6, 6.07) is -1.37. The number of imidazole rings is 1. The minimum absolute atomic E-state index is 0.00689. The molecule has 26 N–H and O–H groups in total. The van der Waals surface area contributed by atoms with Gasteiger partial charge in [-0.2, -0.15) is 0 Å². The molecule has 36 nitrogen and oxygen atoms in total. The Kier molecular flexibility index (Phi) is 34.3. The summed E-state index contributed by atoms with van der Waals surface area (Å²) in [6.45, 7) is 1.87. The van der Waals surface area contributed by atoms with E-state index in [0.717, 1.165) is 10.8 Å². The maximum atomic E-state index is 15.6. The first kappa shape index (κ1) is 84.2. The fraction of sp³-hybridized carbons (Fsp3) is 0.551. The van der Waals surface area contributed by atoms with Gasteiger partial charge in [0.1, 0.15) is 66.5 Å². The summed E-state index contributed by atoms with van der Waals surface area (Å²) in [7, 11) is 1.48. The number of hydrogen-bond donors (Lipinski definition) is 21. The fourth-order valence-corrected chi connectivity index (χ4v) is 14.9. The second-order valence-corrected chi connectivity index (χ2v) is 29.0. The van der Waals surface area contributed by atoms with Crippen LogP contribution >= 0.6 is 21.6 Å². The molecule has 0 radical (unpaired) electrons. The van der Waals surface area contributed by atoms with Gasteiger partial charge in [-0.3, -0.25) is 62.9 Å². The number of carbonyl (C=O) groups is 13. The third kappa shape index (κ3) is 26.7. The molecule has 7 rings (SSSR count). The van der Waals surface area contributed by atoms with Gasteiger partial charge in [0.2, 0.25) is 65.0 Å². The van der Waals surface area contributed by atoms with Crippen LogP contribution in [-0.2, 0) is 76.8 Å². The molecular weight excluding hydrogens is 1420 g/mol. The minimum atomic E-state index is -1.71. The predicted molar refractivity (Wildman–Crippen MR) is 401 cm³/mol. The molecule has 3 aliphatic rings. The lowest BCUT2D eigenvalue weighted by molar-refractivity contribution is -0.141. The zero-order valence-corrected chi connectivity index (χ0v) is 61.6. The molecule has 0 unspecified atom stereocenters. The van der Waals surface area contributed by atoms with Gasteiger partial charge in [0.25, 0.3) is 5.91 Å². The monoisotopic (exact) mass is 1530 g/mol. The Labute approximate surface area is 627 Å². The SMILES string of the molecule is C[C@@H]1NC(=O)[C@@H]2CSS[C@H](NC(=O)[C@H](CCCNC(=N)N)NC(=O)[C@H](CCCCN)NC(=O)[C@H](CCCCN)NC(=O)[C@H](CCCCN)NC1=O)C(=O)N1CCC[C@H]1C(=O)N[C@@H](Cc1c[nH]cn1)C(=O)N[C@H](Cc1ccccc1)C(=O)N[C@@H](CCCNC(N)=O)C(=O)N[C@@H](Cc1c[nH]c3ccccc13)C(=O)N2. The normalized spacial score (nSPS) is 24.7. The van der Waals surface area contributed by atoms with Crippen molar-refractivity contribution in [2.45, 2.75) is 194 Å². The van der Waals surface area contributed by atoms with Crippen molar-refractivity contribution in [2.75, 3.05) is 45.0 Å². The number of aromatic amines is 2. The van der Waals surface area contributed by atoms with Gasteiger partial charge in [0.15, 0.2) is 11.3 Å². The molecule has 2 aromatic carbocycles. The molecule has 0 saturated carbocycles. The number of primary amides is 1. The second-order valence-electron chi connectivity index (χ2n) is 26.5. The number of urea groups is 1. The average molecular weight is 1530 g/mol.